The molecule has 0 saturated carbocycles. The third kappa shape index (κ3) is 3.63. The molecule has 2 aromatic heterocycles. The van der Waals surface area contributed by atoms with Crippen LogP contribution in [0.4, 0.5) is 5.69 Å². The molecular formula is C26H23BrN4S. The number of para-hydroxylation sites is 1. The predicted octanol–water partition coefficient (Wildman–Crippen LogP) is 6.43. The van der Waals surface area contributed by atoms with Crippen LogP contribution in [-0.4, -0.2) is 14.7 Å². The summed E-state index contributed by atoms with van der Waals surface area (Å²) in [4.78, 5) is 6.90. The summed E-state index contributed by atoms with van der Waals surface area (Å²) in [6, 6.07) is 27.1. The van der Waals surface area contributed by atoms with Crippen molar-refractivity contribution in [2.24, 2.45) is 0 Å². The summed E-state index contributed by atoms with van der Waals surface area (Å²) < 4.78 is 3.40. The van der Waals surface area contributed by atoms with Gasteiger partial charge in [-0.05, 0) is 86.2 Å². The predicted molar refractivity (Wildman–Crippen MR) is 137 cm³/mol. The molecule has 6 heteroatoms. The highest BCUT2D eigenvalue weighted by atomic mass is 79.9. The fourth-order valence-corrected chi connectivity index (χ4v) is 5.02. The molecule has 0 aliphatic carbocycles. The number of thiocarbonyl (C=S) groups is 1. The van der Waals surface area contributed by atoms with E-state index in [2.05, 4.69) is 110 Å². The molecule has 1 fully saturated rings. The molecule has 0 radical (unpaired) electrons. The molecule has 32 heavy (non-hydrogen) atoms. The Hall–Kier alpha value is -2.96. The van der Waals surface area contributed by atoms with Gasteiger partial charge in [0.05, 0.1) is 11.7 Å². The zero-order valence-electron chi connectivity index (χ0n) is 17.9. The van der Waals surface area contributed by atoms with E-state index in [-0.39, 0.29) is 12.1 Å². The molecule has 0 amide bonds. The lowest BCUT2D eigenvalue weighted by Gasteiger charge is -2.29. The monoisotopic (exact) mass is 502 g/mol. The van der Waals surface area contributed by atoms with Gasteiger partial charge in [-0.25, -0.2) is 0 Å². The van der Waals surface area contributed by atoms with Crippen LogP contribution in [0, 0.1) is 13.8 Å². The third-order valence-corrected chi connectivity index (χ3v) is 7.15. The first-order valence-corrected chi connectivity index (χ1v) is 11.7. The lowest BCUT2D eigenvalue weighted by molar-refractivity contribution is 0.548. The maximum absolute atomic E-state index is 5.89. The van der Waals surface area contributed by atoms with Crippen LogP contribution in [0.2, 0.25) is 0 Å². The molecule has 2 aromatic carbocycles. The summed E-state index contributed by atoms with van der Waals surface area (Å²) in [7, 11) is 0. The number of nitrogens with zero attached hydrogens (tertiary/aromatic N) is 3. The second-order valence-corrected chi connectivity index (χ2v) is 9.24. The Balaban J connectivity index is 1.71. The van der Waals surface area contributed by atoms with Crippen LogP contribution in [0.25, 0.3) is 5.69 Å². The van der Waals surface area contributed by atoms with Crippen LogP contribution < -0.4 is 10.2 Å². The van der Waals surface area contributed by atoms with E-state index in [1.807, 2.05) is 24.4 Å². The molecule has 4 nitrogen and oxygen atoms in total. The lowest BCUT2D eigenvalue weighted by Crippen LogP contribution is -2.30. The molecule has 1 aliphatic rings. The van der Waals surface area contributed by atoms with Gasteiger partial charge < -0.3 is 14.8 Å². The van der Waals surface area contributed by atoms with E-state index in [1.54, 1.807) is 0 Å². The minimum atomic E-state index is -0.0792. The van der Waals surface area contributed by atoms with E-state index in [1.165, 1.54) is 11.3 Å². The van der Waals surface area contributed by atoms with Crippen LogP contribution >= 0.6 is 28.1 Å². The number of nitrogens with one attached hydrogen (secondary N) is 1. The van der Waals surface area contributed by atoms with Crippen molar-refractivity contribution < 1.29 is 0 Å². The van der Waals surface area contributed by atoms with Gasteiger partial charge in [0.2, 0.25) is 0 Å². The number of aryl methyl sites for hydroxylation is 2. The van der Waals surface area contributed by atoms with Crippen molar-refractivity contribution in [2.45, 2.75) is 25.9 Å². The van der Waals surface area contributed by atoms with Crippen molar-refractivity contribution in [3.8, 4) is 5.69 Å². The summed E-state index contributed by atoms with van der Waals surface area (Å²) in [6.07, 6.45) is 1.84. The van der Waals surface area contributed by atoms with Gasteiger partial charge in [-0.2, -0.15) is 0 Å². The SMILES string of the molecule is Cc1cc(N2C(=S)N[C@@H](c3ccccn3)[C@@H]2c2ccc(C)n2-c2ccccc2)ccc1Br. The Kier molecular flexibility index (Phi) is 5.57. The number of hydrogen-bond donors (Lipinski definition) is 1. The van der Waals surface area contributed by atoms with Crippen molar-refractivity contribution in [2.75, 3.05) is 4.90 Å². The average molecular weight is 503 g/mol. The summed E-state index contributed by atoms with van der Waals surface area (Å²) in [5.41, 5.74) is 6.67. The van der Waals surface area contributed by atoms with Crippen LogP contribution in [0.15, 0.2) is 89.5 Å². The van der Waals surface area contributed by atoms with Crippen molar-refractivity contribution in [3.63, 3.8) is 0 Å². The fraction of sp³-hybridized carbons (Fsp3) is 0.154. The van der Waals surface area contributed by atoms with E-state index in [9.17, 15) is 0 Å². The van der Waals surface area contributed by atoms with Crippen LogP contribution in [0.1, 0.15) is 34.7 Å². The Bertz CT molecular complexity index is 1270. The largest absolute Gasteiger partial charge is 0.351 e. The smallest absolute Gasteiger partial charge is 0.174 e. The second-order valence-electron chi connectivity index (χ2n) is 8.00. The Morgan fingerprint density at radius 3 is 2.41 bits per heavy atom. The highest BCUT2D eigenvalue weighted by Crippen LogP contribution is 2.43. The van der Waals surface area contributed by atoms with Crippen LogP contribution in [0.5, 0.6) is 0 Å². The Morgan fingerprint density at radius 2 is 1.69 bits per heavy atom. The first kappa shape index (κ1) is 20.9. The molecule has 2 atom stereocenters. The third-order valence-electron chi connectivity index (χ3n) is 5.94. The normalized spacial score (nSPS) is 18.1. The standard InChI is InChI=1S/C26H23BrN4S/c1-17-16-20(12-13-21(17)27)31-25(24(29-26(31)32)22-10-6-7-15-28-22)23-14-11-18(2)30(23)19-8-4-3-5-9-19/h3-16,24-25H,1-2H3,(H,29,32)/t24-,25-/m0/s1. The van der Waals surface area contributed by atoms with Gasteiger partial charge in [-0.3, -0.25) is 4.98 Å². The second kappa shape index (κ2) is 8.52. The molecule has 1 N–H and O–H groups in total. The van der Waals surface area contributed by atoms with E-state index >= 15 is 0 Å². The number of hydrogen-bond acceptors (Lipinski definition) is 2. The molecule has 4 aromatic rings. The number of benzene rings is 2. The number of anilines is 1. The van der Waals surface area contributed by atoms with Crippen molar-refractivity contribution >= 4 is 38.9 Å². The van der Waals surface area contributed by atoms with Crippen molar-refractivity contribution in [3.05, 3.63) is 112 Å². The molecule has 0 spiro atoms. The van der Waals surface area contributed by atoms with E-state index < -0.39 is 0 Å². The molecule has 3 heterocycles. The quantitative estimate of drug-likeness (QED) is 0.326. The van der Waals surface area contributed by atoms with E-state index in [4.69, 9.17) is 12.2 Å². The van der Waals surface area contributed by atoms with Gasteiger partial charge in [0.25, 0.3) is 0 Å². The summed E-state index contributed by atoms with van der Waals surface area (Å²) in [5.74, 6) is 0. The first-order chi connectivity index (χ1) is 15.5. The zero-order valence-corrected chi connectivity index (χ0v) is 20.3. The minimum Gasteiger partial charge on any atom is -0.351 e. The van der Waals surface area contributed by atoms with Crippen molar-refractivity contribution in [1.29, 1.82) is 0 Å². The molecule has 160 valence electrons. The maximum atomic E-state index is 5.89. The first-order valence-electron chi connectivity index (χ1n) is 10.5. The van der Waals surface area contributed by atoms with E-state index in [0.29, 0.717) is 5.11 Å². The molecule has 0 unspecified atom stereocenters. The average Bonchev–Trinajstić information content (AvgIpc) is 3.36. The summed E-state index contributed by atoms with van der Waals surface area (Å²) in [6.45, 7) is 4.24. The Labute approximate surface area is 202 Å². The topological polar surface area (TPSA) is 33.1 Å². The highest BCUT2D eigenvalue weighted by Gasteiger charge is 2.42. The number of pyridine rings is 1. The van der Waals surface area contributed by atoms with Gasteiger partial charge in [-0.1, -0.05) is 40.2 Å². The number of aromatic nitrogens is 2. The minimum absolute atomic E-state index is 0.0631. The summed E-state index contributed by atoms with van der Waals surface area (Å²) >= 11 is 9.51. The zero-order chi connectivity index (χ0) is 22.2. The number of halogens is 1. The van der Waals surface area contributed by atoms with Crippen molar-refractivity contribution in [1.82, 2.24) is 14.9 Å². The molecule has 1 saturated heterocycles. The maximum Gasteiger partial charge on any atom is 0.174 e. The van der Waals surface area contributed by atoms with Gasteiger partial charge in [0, 0.05) is 33.4 Å². The van der Waals surface area contributed by atoms with Gasteiger partial charge >= 0.3 is 0 Å². The highest BCUT2D eigenvalue weighted by molar-refractivity contribution is 9.10. The fourth-order valence-electron chi connectivity index (χ4n) is 4.43. The van der Waals surface area contributed by atoms with Gasteiger partial charge in [0.15, 0.2) is 5.11 Å². The number of rotatable bonds is 4. The molecular weight excluding hydrogens is 480 g/mol. The summed E-state index contributed by atoms with van der Waals surface area (Å²) in [5, 5.41) is 4.26. The molecule has 1 aliphatic heterocycles. The molecule has 5 rings (SSSR count). The Morgan fingerprint density at radius 1 is 0.906 bits per heavy atom. The van der Waals surface area contributed by atoms with Gasteiger partial charge in [-0.15, -0.1) is 0 Å². The van der Waals surface area contributed by atoms with Crippen LogP contribution in [0.3, 0.4) is 0 Å². The van der Waals surface area contributed by atoms with Crippen LogP contribution in [-0.2, 0) is 0 Å². The lowest BCUT2D eigenvalue weighted by atomic mass is 10.0. The van der Waals surface area contributed by atoms with Gasteiger partial charge in [0.1, 0.15) is 6.04 Å². The van der Waals surface area contributed by atoms with E-state index in [0.717, 1.165) is 27.2 Å². The molecule has 0 bridgehead atoms.